The third kappa shape index (κ3) is 7.07. The molecule has 1 aromatic carbocycles. The van der Waals surface area contributed by atoms with Gasteiger partial charge in [-0.1, -0.05) is 18.2 Å². The molecular weight excluding hydrogens is 486 g/mol. The van der Waals surface area contributed by atoms with Gasteiger partial charge in [-0.3, -0.25) is 4.79 Å². The van der Waals surface area contributed by atoms with Crippen LogP contribution in [0, 0.1) is 11.8 Å². The van der Waals surface area contributed by atoms with E-state index in [1.807, 2.05) is 32.9 Å². The number of amides is 1. The topological polar surface area (TPSA) is 102 Å². The number of hydrogen-bond acceptors (Lipinski definition) is 7. The second-order valence-corrected chi connectivity index (χ2v) is 11.5. The average molecular weight is 530 g/mol. The van der Waals surface area contributed by atoms with Gasteiger partial charge in [0.05, 0.1) is 26.2 Å². The number of methoxy groups -OCH3 is 1. The maximum Gasteiger partial charge on any atom is 0.410 e. The number of rotatable bonds is 7. The SMILES string of the molecule is COC(=O)C1C[C@@H](CC(CCN(C)C(=O)OC(C)(C)C)C2OCCO2)CNCCc2c1[nH]c1ccccc21. The minimum absolute atomic E-state index is 0.0652. The van der Waals surface area contributed by atoms with Crippen LogP contribution in [0.5, 0.6) is 0 Å². The second-order valence-electron chi connectivity index (χ2n) is 11.5. The Morgan fingerprint density at radius 3 is 2.63 bits per heavy atom. The molecule has 0 aliphatic carbocycles. The third-order valence-corrected chi connectivity index (χ3v) is 7.44. The summed E-state index contributed by atoms with van der Waals surface area (Å²) in [5.41, 5.74) is 2.64. The van der Waals surface area contributed by atoms with E-state index in [1.54, 1.807) is 11.9 Å². The lowest BCUT2D eigenvalue weighted by molar-refractivity contribution is -0.143. The summed E-state index contributed by atoms with van der Waals surface area (Å²) in [6.07, 6.45) is 2.31. The number of benzene rings is 1. The molecule has 2 aromatic rings. The van der Waals surface area contributed by atoms with Crippen molar-refractivity contribution in [2.75, 3.05) is 47.0 Å². The molecule has 9 nitrogen and oxygen atoms in total. The first-order chi connectivity index (χ1) is 18.2. The fourth-order valence-electron chi connectivity index (χ4n) is 5.61. The van der Waals surface area contributed by atoms with Crippen molar-refractivity contribution < 1.29 is 28.5 Å². The van der Waals surface area contributed by atoms with Gasteiger partial charge in [0.1, 0.15) is 5.60 Å². The molecule has 2 aliphatic rings. The Labute approximate surface area is 225 Å². The number of aromatic amines is 1. The number of ether oxygens (including phenoxy) is 4. The molecule has 0 bridgehead atoms. The lowest BCUT2D eigenvalue weighted by atomic mass is 9.83. The van der Waals surface area contributed by atoms with Crippen molar-refractivity contribution in [3.8, 4) is 0 Å². The van der Waals surface area contributed by atoms with Gasteiger partial charge in [0, 0.05) is 36.1 Å². The molecule has 0 radical (unpaired) electrons. The molecular formula is C29H43N3O6. The Hall–Kier alpha value is -2.62. The van der Waals surface area contributed by atoms with Crippen LogP contribution >= 0.6 is 0 Å². The van der Waals surface area contributed by atoms with Crippen LogP contribution < -0.4 is 5.32 Å². The van der Waals surface area contributed by atoms with Crippen LogP contribution in [0.3, 0.4) is 0 Å². The normalized spacial score (nSPS) is 21.7. The monoisotopic (exact) mass is 529 g/mol. The van der Waals surface area contributed by atoms with Crippen LogP contribution in [-0.4, -0.2) is 80.8 Å². The van der Waals surface area contributed by atoms with Crippen molar-refractivity contribution in [1.82, 2.24) is 15.2 Å². The number of aromatic nitrogens is 1. The van der Waals surface area contributed by atoms with Crippen molar-refractivity contribution >= 4 is 23.0 Å². The number of para-hydroxylation sites is 1. The number of esters is 1. The molecule has 3 heterocycles. The molecule has 0 saturated carbocycles. The van der Waals surface area contributed by atoms with Gasteiger partial charge in [0.15, 0.2) is 6.29 Å². The van der Waals surface area contributed by atoms with E-state index in [9.17, 15) is 9.59 Å². The molecule has 1 fully saturated rings. The molecule has 1 saturated heterocycles. The van der Waals surface area contributed by atoms with Crippen LogP contribution in [0.15, 0.2) is 24.3 Å². The summed E-state index contributed by atoms with van der Waals surface area (Å²) in [6.45, 7) is 8.84. The van der Waals surface area contributed by atoms with Gasteiger partial charge in [-0.2, -0.15) is 0 Å². The second kappa shape index (κ2) is 12.5. The summed E-state index contributed by atoms with van der Waals surface area (Å²) in [5, 5.41) is 4.78. The van der Waals surface area contributed by atoms with E-state index >= 15 is 0 Å². The van der Waals surface area contributed by atoms with E-state index in [0.29, 0.717) is 32.6 Å². The number of hydrogen-bond donors (Lipinski definition) is 2. The molecule has 2 unspecified atom stereocenters. The summed E-state index contributed by atoms with van der Waals surface area (Å²) in [7, 11) is 3.22. The first-order valence-electron chi connectivity index (χ1n) is 13.7. The number of H-pyrrole nitrogens is 1. The molecule has 1 aromatic heterocycles. The van der Waals surface area contributed by atoms with E-state index in [0.717, 1.165) is 42.5 Å². The number of carbonyl (C=O) groups is 2. The number of nitrogens with one attached hydrogen (secondary N) is 2. The lowest BCUT2D eigenvalue weighted by Gasteiger charge is -2.30. The van der Waals surface area contributed by atoms with Gasteiger partial charge in [0.25, 0.3) is 0 Å². The van der Waals surface area contributed by atoms with Crippen LogP contribution in [0.2, 0.25) is 0 Å². The zero-order valence-corrected chi connectivity index (χ0v) is 23.4. The molecule has 3 atom stereocenters. The lowest BCUT2D eigenvalue weighted by Crippen LogP contribution is -2.37. The maximum atomic E-state index is 13.1. The molecule has 9 heteroatoms. The van der Waals surface area contributed by atoms with Gasteiger partial charge in [-0.05, 0) is 77.1 Å². The quantitative estimate of drug-likeness (QED) is 0.518. The Bertz CT molecular complexity index is 1090. The highest BCUT2D eigenvalue weighted by Crippen LogP contribution is 2.36. The molecule has 2 N–H and O–H groups in total. The summed E-state index contributed by atoms with van der Waals surface area (Å²) < 4.78 is 22.7. The zero-order valence-electron chi connectivity index (χ0n) is 23.4. The first kappa shape index (κ1) is 28.4. The predicted octanol–water partition coefficient (Wildman–Crippen LogP) is 4.21. The standard InChI is InChI=1S/C29H43N3O6/c1-29(2,3)38-28(34)32(4)13-11-20(27-36-14-15-37-27)16-19-17-23(26(33)35-5)25-22(10-12-30-18-19)21-8-6-7-9-24(21)31-25/h6-9,19-20,23,27,30-31H,10-18H2,1-5H3/t19-,20?,23?/m1/s1. The van der Waals surface area contributed by atoms with Gasteiger partial charge in [0.2, 0.25) is 0 Å². The summed E-state index contributed by atoms with van der Waals surface area (Å²) in [4.78, 5) is 30.8. The Morgan fingerprint density at radius 1 is 1.18 bits per heavy atom. The van der Waals surface area contributed by atoms with Crippen LogP contribution in [0.4, 0.5) is 4.79 Å². The number of fused-ring (bicyclic) bond motifs is 3. The average Bonchev–Trinajstić information content (AvgIpc) is 3.54. The van der Waals surface area contributed by atoms with Gasteiger partial charge in [-0.15, -0.1) is 0 Å². The highest BCUT2D eigenvalue weighted by molar-refractivity contribution is 5.88. The summed E-state index contributed by atoms with van der Waals surface area (Å²) in [5.74, 6) is -0.362. The largest absolute Gasteiger partial charge is 0.469 e. The predicted molar refractivity (Wildman–Crippen MR) is 145 cm³/mol. The van der Waals surface area contributed by atoms with E-state index < -0.39 is 5.60 Å². The summed E-state index contributed by atoms with van der Waals surface area (Å²) >= 11 is 0. The van der Waals surface area contributed by atoms with Crippen molar-refractivity contribution in [1.29, 1.82) is 0 Å². The highest BCUT2D eigenvalue weighted by atomic mass is 16.7. The van der Waals surface area contributed by atoms with Crippen LogP contribution in [0.1, 0.15) is 57.2 Å². The number of carbonyl (C=O) groups excluding carboxylic acids is 2. The molecule has 2 aliphatic heterocycles. The zero-order chi connectivity index (χ0) is 27.3. The minimum Gasteiger partial charge on any atom is -0.469 e. The maximum absolute atomic E-state index is 13.1. The van der Waals surface area contributed by atoms with Crippen LogP contribution in [-0.2, 0) is 30.2 Å². The highest BCUT2D eigenvalue weighted by Gasteiger charge is 2.35. The fraction of sp³-hybridized carbons (Fsp3) is 0.655. The van der Waals surface area contributed by atoms with E-state index in [1.165, 1.54) is 12.7 Å². The molecule has 0 spiro atoms. The van der Waals surface area contributed by atoms with Gasteiger partial charge in [-0.25, -0.2) is 4.79 Å². The first-order valence-corrected chi connectivity index (χ1v) is 13.7. The van der Waals surface area contributed by atoms with E-state index in [-0.39, 0.29) is 36.1 Å². The number of nitrogens with zero attached hydrogens (tertiary/aromatic N) is 1. The van der Waals surface area contributed by atoms with Crippen molar-refractivity contribution in [3.63, 3.8) is 0 Å². The minimum atomic E-state index is -0.546. The van der Waals surface area contributed by atoms with Gasteiger partial charge >= 0.3 is 12.1 Å². The van der Waals surface area contributed by atoms with E-state index in [2.05, 4.69) is 22.4 Å². The third-order valence-electron chi connectivity index (χ3n) is 7.44. The Morgan fingerprint density at radius 2 is 1.92 bits per heavy atom. The Kier molecular flexibility index (Phi) is 9.33. The van der Waals surface area contributed by atoms with Crippen molar-refractivity contribution in [3.05, 3.63) is 35.5 Å². The van der Waals surface area contributed by atoms with Gasteiger partial charge < -0.3 is 34.1 Å². The molecule has 4 rings (SSSR count). The molecule has 210 valence electrons. The fourth-order valence-corrected chi connectivity index (χ4v) is 5.61. The van der Waals surface area contributed by atoms with Crippen molar-refractivity contribution in [2.24, 2.45) is 11.8 Å². The summed E-state index contributed by atoms with van der Waals surface area (Å²) in [6, 6.07) is 8.21. The smallest absolute Gasteiger partial charge is 0.410 e. The van der Waals surface area contributed by atoms with E-state index in [4.69, 9.17) is 18.9 Å². The molecule has 1 amide bonds. The Balaban J connectivity index is 1.52. The van der Waals surface area contributed by atoms with Crippen molar-refractivity contribution in [2.45, 2.75) is 64.3 Å². The van der Waals surface area contributed by atoms with Crippen LogP contribution in [0.25, 0.3) is 10.9 Å². The molecule has 38 heavy (non-hydrogen) atoms.